The maximum atomic E-state index is 10.7. The Balaban J connectivity index is 4.34. The fraction of sp³-hybridized carbons (Fsp3) is 0.909. The van der Waals surface area contributed by atoms with E-state index in [9.17, 15) is 4.79 Å². The van der Waals surface area contributed by atoms with Gasteiger partial charge in [0, 0.05) is 12.1 Å². The zero-order valence-electron chi connectivity index (χ0n) is 9.79. The van der Waals surface area contributed by atoms with Crippen molar-refractivity contribution in [1.82, 2.24) is 4.90 Å². The van der Waals surface area contributed by atoms with Crippen LogP contribution in [0.4, 0.5) is 0 Å². The molecule has 0 aromatic carbocycles. The van der Waals surface area contributed by atoms with Crippen LogP contribution in [0.25, 0.3) is 0 Å². The fourth-order valence-electron chi connectivity index (χ4n) is 1.83. The summed E-state index contributed by atoms with van der Waals surface area (Å²) in [6, 6.07) is 0.721. The first-order chi connectivity index (χ1) is 6.52. The van der Waals surface area contributed by atoms with Crippen molar-refractivity contribution in [3.8, 4) is 0 Å². The first-order valence-corrected chi connectivity index (χ1v) is 5.50. The molecule has 0 heterocycles. The van der Waals surface area contributed by atoms with E-state index in [0.29, 0.717) is 12.1 Å². The molecule has 0 amide bonds. The number of hydrogen-bond acceptors (Lipinski definition) is 2. The first kappa shape index (κ1) is 13.4. The molecule has 0 saturated carbocycles. The van der Waals surface area contributed by atoms with Crippen molar-refractivity contribution < 1.29 is 9.90 Å². The van der Waals surface area contributed by atoms with Gasteiger partial charge < -0.3 is 5.11 Å². The summed E-state index contributed by atoms with van der Waals surface area (Å²) in [6.45, 7) is 8.54. The van der Waals surface area contributed by atoms with Crippen molar-refractivity contribution in [2.45, 2.75) is 59.0 Å². The van der Waals surface area contributed by atoms with Crippen LogP contribution in [0.3, 0.4) is 0 Å². The quantitative estimate of drug-likeness (QED) is 0.687. The van der Waals surface area contributed by atoms with E-state index < -0.39 is 5.97 Å². The lowest BCUT2D eigenvalue weighted by atomic mass is 10.1. The largest absolute Gasteiger partial charge is 0.480 e. The van der Waals surface area contributed by atoms with Gasteiger partial charge in [-0.25, -0.2) is 0 Å². The minimum absolute atomic E-state index is 0.163. The Morgan fingerprint density at radius 2 is 1.93 bits per heavy atom. The molecule has 0 aromatic rings. The summed E-state index contributed by atoms with van der Waals surface area (Å²) >= 11 is 0. The van der Waals surface area contributed by atoms with Crippen LogP contribution >= 0.6 is 0 Å². The third-order valence-electron chi connectivity index (χ3n) is 2.54. The van der Waals surface area contributed by atoms with E-state index in [4.69, 9.17) is 5.11 Å². The van der Waals surface area contributed by atoms with Gasteiger partial charge in [-0.05, 0) is 26.7 Å². The SMILES string of the molecule is CCCC(CC)N(CC(=O)O)C(C)C. The molecule has 0 aliphatic rings. The van der Waals surface area contributed by atoms with Gasteiger partial charge in [0.15, 0.2) is 0 Å². The maximum absolute atomic E-state index is 10.7. The lowest BCUT2D eigenvalue weighted by Crippen LogP contribution is -2.43. The average Bonchev–Trinajstić information content (AvgIpc) is 2.10. The second-order valence-corrected chi connectivity index (χ2v) is 4.01. The molecule has 14 heavy (non-hydrogen) atoms. The number of aliphatic carboxylic acids is 1. The van der Waals surface area contributed by atoms with E-state index >= 15 is 0 Å². The minimum atomic E-state index is -0.728. The molecule has 0 aliphatic carbocycles. The second kappa shape index (κ2) is 6.82. The molecule has 0 bridgehead atoms. The van der Waals surface area contributed by atoms with E-state index in [-0.39, 0.29) is 6.54 Å². The normalized spacial score (nSPS) is 13.6. The molecule has 0 fully saturated rings. The average molecular weight is 201 g/mol. The van der Waals surface area contributed by atoms with Gasteiger partial charge in [0.25, 0.3) is 0 Å². The van der Waals surface area contributed by atoms with Crippen LogP contribution in [0.2, 0.25) is 0 Å². The van der Waals surface area contributed by atoms with Gasteiger partial charge in [0.1, 0.15) is 0 Å². The lowest BCUT2D eigenvalue weighted by molar-refractivity contribution is -0.139. The third kappa shape index (κ3) is 4.61. The van der Waals surface area contributed by atoms with Crippen molar-refractivity contribution in [1.29, 1.82) is 0 Å². The van der Waals surface area contributed by atoms with Crippen LogP contribution in [0.5, 0.6) is 0 Å². The van der Waals surface area contributed by atoms with Crippen molar-refractivity contribution in [3.05, 3.63) is 0 Å². The zero-order valence-corrected chi connectivity index (χ0v) is 9.79. The highest BCUT2D eigenvalue weighted by Crippen LogP contribution is 2.13. The molecule has 0 saturated heterocycles. The Morgan fingerprint density at radius 1 is 1.36 bits per heavy atom. The second-order valence-electron chi connectivity index (χ2n) is 4.01. The highest BCUT2D eigenvalue weighted by molar-refractivity contribution is 5.69. The number of carbonyl (C=O) groups is 1. The summed E-state index contributed by atoms with van der Waals surface area (Å²) in [5.41, 5.74) is 0. The van der Waals surface area contributed by atoms with E-state index in [1.54, 1.807) is 0 Å². The van der Waals surface area contributed by atoms with E-state index in [0.717, 1.165) is 19.3 Å². The Labute approximate surface area is 87.1 Å². The Hall–Kier alpha value is -0.570. The smallest absolute Gasteiger partial charge is 0.317 e. The van der Waals surface area contributed by atoms with Crippen molar-refractivity contribution >= 4 is 5.97 Å². The molecule has 3 heteroatoms. The van der Waals surface area contributed by atoms with Crippen LogP contribution in [0, 0.1) is 0 Å². The molecule has 3 nitrogen and oxygen atoms in total. The molecule has 1 N–H and O–H groups in total. The maximum Gasteiger partial charge on any atom is 0.317 e. The van der Waals surface area contributed by atoms with E-state index in [2.05, 4.69) is 32.6 Å². The van der Waals surface area contributed by atoms with Crippen LogP contribution in [0.1, 0.15) is 47.0 Å². The molecular weight excluding hydrogens is 178 g/mol. The van der Waals surface area contributed by atoms with Gasteiger partial charge in [0.2, 0.25) is 0 Å². The lowest BCUT2D eigenvalue weighted by Gasteiger charge is -2.32. The summed E-state index contributed by atoms with van der Waals surface area (Å²) in [4.78, 5) is 12.8. The molecule has 0 spiro atoms. The fourth-order valence-corrected chi connectivity index (χ4v) is 1.83. The summed E-state index contributed by atoms with van der Waals surface area (Å²) in [7, 11) is 0. The Kier molecular flexibility index (Phi) is 6.54. The number of nitrogens with zero attached hydrogens (tertiary/aromatic N) is 1. The van der Waals surface area contributed by atoms with E-state index in [1.807, 2.05) is 0 Å². The monoisotopic (exact) mass is 201 g/mol. The molecule has 0 radical (unpaired) electrons. The van der Waals surface area contributed by atoms with Crippen molar-refractivity contribution in [2.24, 2.45) is 0 Å². The molecule has 1 atom stereocenters. The van der Waals surface area contributed by atoms with Crippen LogP contribution < -0.4 is 0 Å². The summed E-state index contributed by atoms with van der Waals surface area (Å²) in [5.74, 6) is -0.728. The van der Waals surface area contributed by atoms with Gasteiger partial charge in [-0.3, -0.25) is 9.69 Å². The highest BCUT2D eigenvalue weighted by atomic mass is 16.4. The predicted octanol–water partition coefficient (Wildman–Crippen LogP) is 2.36. The standard InChI is InChI=1S/C11H23NO2/c1-5-7-10(6-2)12(9(3)4)8-11(13)14/h9-10H,5-8H2,1-4H3,(H,13,14). The molecular formula is C11H23NO2. The van der Waals surface area contributed by atoms with Gasteiger partial charge >= 0.3 is 5.97 Å². The van der Waals surface area contributed by atoms with E-state index in [1.165, 1.54) is 0 Å². The molecule has 0 aromatic heterocycles. The summed E-state index contributed by atoms with van der Waals surface area (Å²) in [6.07, 6.45) is 3.22. The Morgan fingerprint density at radius 3 is 2.21 bits per heavy atom. The summed E-state index contributed by atoms with van der Waals surface area (Å²) in [5, 5.41) is 8.80. The molecule has 1 unspecified atom stereocenters. The summed E-state index contributed by atoms with van der Waals surface area (Å²) < 4.78 is 0. The zero-order chi connectivity index (χ0) is 11.1. The molecule has 0 rings (SSSR count). The Bertz CT molecular complexity index is 169. The van der Waals surface area contributed by atoms with Crippen molar-refractivity contribution in [2.75, 3.05) is 6.54 Å². The van der Waals surface area contributed by atoms with Crippen molar-refractivity contribution in [3.63, 3.8) is 0 Å². The first-order valence-electron chi connectivity index (χ1n) is 5.50. The van der Waals surface area contributed by atoms with Crippen LogP contribution in [-0.2, 0) is 4.79 Å². The number of rotatable bonds is 7. The molecule has 0 aliphatic heterocycles. The van der Waals surface area contributed by atoms with Crippen LogP contribution in [0.15, 0.2) is 0 Å². The van der Waals surface area contributed by atoms with Gasteiger partial charge in [-0.15, -0.1) is 0 Å². The number of carboxylic acid groups (broad SMARTS) is 1. The van der Waals surface area contributed by atoms with Gasteiger partial charge in [-0.2, -0.15) is 0 Å². The predicted molar refractivity (Wildman–Crippen MR) is 58.5 cm³/mol. The van der Waals surface area contributed by atoms with Crippen LogP contribution in [-0.4, -0.2) is 34.6 Å². The molecule has 84 valence electrons. The highest BCUT2D eigenvalue weighted by Gasteiger charge is 2.20. The van der Waals surface area contributed by atoms with Gasteiger partial charge in [0.05, 0.1) is 6.54 Å². The topological polar surface area (TPSA) is 40.5 Å². The number of hydrogen-bond donors (Lipinski definition) is 1. The minimum Gasteiger partial charge on any atom is -0.480 e. The van der Waals surface area contributed by atoms with Gasteiger partial charge in [-0.1, -0.05) is 20.3 Å². The number of carboxylic acids is 1. The third-order valence-corrected chi connectivity index (χ3v) is 2.54.